The van der Waals surface area contributed by atoms with Crippen LogP contribution in [0.3, 0.4) is 0 Å². The second-order valence-corrected chi connectivity index (χ2v) is 6.69. The molecule has 2 rings (SSSR count). The molecule has 0 bridgehead atoms. The minimum absolute atomic E-state index is 0.389. The molecule has 2 aromatic rings. The zero-order valence-electron chi connectivity index (χ0n) is 13.1. The summed E-state index contributed by atoms with van der Waals surface area (Å²) in [5.41, 5.74) is 0.588. The number of anilines is 2. The average molecular weight is 354 g/mol. The van der Waals surface area contributed by atoms with Gasteiger partial charge >= 0.3 is 6.03 Å². The molecule has 124 valence electrons. The van der Waals surface area contributed by atoms with Crippen LogP contribution < -0.4 is 20.1 Å². The van der Waals surface area contributed by atoms with Gasteiger partial charge in [-0.05, 0) is 18.6 Å². The molecular weight excluding hydrogens is 336 g/mol. The minimum atomic E-state index is -0.389. The lowest BCUT2D eigenvalue weighted by atomic mass is 10.3. The van der Waals surface area contributed by atoms with Crippen molar-refractivity contribution in [2.24, 2.45) is 0 Å². The number of rotatable bonds is 7. The number of thioether (sulfide) groups is 1. The maximum Gasteiger partial charge on any atom is 0.325 e. The van der Waals surface area contributed by atoms with Gasteiger partial charge in [-0.15, -0.1) is 10.2 Å². The fourth-order valence-corrected chi connectivity index (χ4v) is 3.35. The molecule has 0 unspecified atom stereocenters. The van der Waals surface area contributed by atoms with Crippen molar-refractivity contribution in [2.45, 2.75) is 17.7 Å². The maximum absolute atomic E-state index is 12.0. The van der Waals surface area contributed by atoms with E-state index in [9.17, 15) is 4.79 Å². The molecule has 0 spiro atoms. The zero-order chi connectivity index (χ0) is 16.7. The molecule has 9 heteroatoms. The molecular formula is C14H18N4O3S2. The highest BCUT2D eigenvalue weighted by atomic mass is 32.2. The molecule has 0 aliphatic heterocycles. The first kappa shape index (κ1) is 17.4. The molecule has 0 fully saturated rings. The van der Waals surface area contributed by atoms with Crippen LogP contribution in [0.5, 0.6) is 11.5 Å². The number of hydrogen-bond acceptors (Lipinski definition) is 7. The molecule has 0 aliphatic rings. The van der Waals surface area contributed by atoms with Crippen molar-refractivity contribution in [3.8, 4) is 11.5 Å². The van der Waals surface area contributed by atoms with Gasteiger partial charge in [0.25, 0.3) is 0 Å². The number of aromatic nitrogens is 2. The molecule has 2 N–H and O–H groups in total. The molecule has 7 nitrogen and oxygen atoms in total. The van der Waals surface area contributed by atoms with Crippen molar-refractivity contribution < 1.29 is 14.3 Å². The normalized spacial score (nSPS) is 10.2. The molecule has 0 atom stereocenters. The number of carbonyl (C=O) groups is 1. The Kier molecular flexibility index (Phi) is 6.48. The summed E-state index contributed by atoms with van der Waals surface area (Å²) in [5.74, 6) is 2.12. The topological polar surface area (TPSA) is 85.4 Å². The first-order valence-electron chi connectivity index (χ1n) is 6.92. The van der Waals surface area contributed by atoms with Gasteiger partial charge in [-0.25, -0.2) is 4.79 Å². The quantitative estimate of drug-likeness (QED) is 0.582. The van der Waals surface area contributed by atoms with E-state index < -0.39 is 0 Å². The molecule has 1 aromatic carbocycles. The van der Waals surface area contributed by atoms with Gasteiger partial charge in [0.2, 0.25) is 5.13 Å². The Morgan fingerprint density at radius 2 is 2.00 bits per heavy atom. The van der Waals surface area contributed by atoms with E-state index >= 15 is 0 Å². The van der Waals surface area contributed by atoms with Gasteiger partial charge < -0.3 is 14.8 Å². The van der Waals surface area contributed by atoms with Crippen molar-refractivity contribution in [1.82, 2.24) is 10.2 Å². The Balaban J connectivity index is 1.95. The maximum atomic E-state index is 12.0. The zero-order valence-corrected chi connectivity index (χ0v) is 14.7. The summed E-state index contributed by atoms with van der Waals surface area (Å²) in [6.45, 7) is 2.10. The molecule has 0 saturated heterocycles. The van der Waals surface area contributed by atoms with E-state index in [0.717, 1.165) is 16.5 Å². The Morgan fingerprint density at radius 1 is 1.22 bits per heavy atom. The minimum Gasteiger partial charge on any atom is -0.493 e. The van der Waals surface area contributed by atoms with Crippen LogP contribution in [0.2, 0.25) is 0 Å². The highest BCUT2D eigenvalue weighted by Gasteiger charge is 2.10. The molecule has 0 radical (unpaired) electrons. The monoisotopic (exact) mass is 354 g/mol. The molecule has 2 amide bonds. The van der Waals surface area contributed by atoms with Gasteiger partial charge in [-0.1, -0.05) is 30.0 Å². The van der Waals surface area contributed by atoms with Crippen LogP contribution in [0.25, 0.3) is 0 Å². The van der Waals surface area contributed by atoms with Gasteiger partial charge in [0.05, 0.1) is 14.2 Å². The number of nitrogens with one attached hydrogen (secondary N) is 2. The van der Waals surface area contributed by atoms with E-state index in [1.54, 1.807) is 44.2 Å². The van der Waals surface area contributed by atoms with Gasteiger partial charge in [0.1, 0.15) is 0 Å². The summed E-state index contributed by atoms with van der Waals surface area (Å²) in [4.78, 5) is 12.0. The number of carbonyl (C=O) groups excluding carboxylic acids is 1. The van der Waals surface area contributed by atoms with Crippen molar-refractivity contribution in [3.63, 3.8) is 0 Å². The highest BCUT2D eigenvalue weighted by molar-refractivity contribution is 8.01. The molecule has 0 saturated carbocycles. The van der Waals surface area contributed by atoms with E-state index in [1.807, 2.05) is 0 Å². The van der Waals surface area contributed by atoms with Crippen molar-refractivity contribution in [2.75, 3.05) is 30.6 Å². The number of benzene rings is 1. The lowest BCUT2D eigenvalue weighted by Gasteiger charge is -2.10. The average Bonchev–Trinajstić information content (AvgIpc) is 2.99. The largest absolute Gasteiger partial charge is 0.493 e. The number of urea groups is 1. The van der Waals surface area contributed by atoms with Crippen molar-refractivity contribution >= 4 is 39.9 Å². The standard InChI is InChI=1S/C14H18N4O3S2/c1-4-7-22-14-18-17-13(23-14)16-12(19)15-9-5-6-10(20-2)11(8-9)21-3/h5-6,8H,4,7H2,1-3H3,(H2,15,16,17,19). The van der Waals surface area contributed by atoms with E-state index in [2.05, 4.69) is 27.8 Å². The fourth-order valence-electron chi connectivity index (χ4n) is 1.68. The fraction of sp³-hybridized carbons (Fsp3) is 0.357. The van der Waals surface area contributed by atoms with Crippen LogP contribution in [-0.4, -0.2) is 36.2 Å². The van der Waals surface area contributed by atoms with Crippen LogP contribution >= 0.6 is 23.1 Å². The van der Waals surface area contributed by atoms with Crippen LogP contribution in [0, 0.1) is 0 Å². The second-order valence-electron chi connectivity index (χ2n) is 4.37. The van der Waals surface area contributed by atoms with E-state index in [0.29, 0.717) is 22.3 Å². The van der Waals surface area contributed by atoms with Crippen LogP contribution in [0.15, 0.2) is 22.5 Å². The molecule has 23 heavy (non-hydrogen) atoms. The van der Waals surface area contributed by atoms with E-state index in [4.69, 9.17) is 9.47 Å². The van der Waals surface area contributed by atoms with Gasteiger partial charge in [-0.3, -0.25) is 5.32 Å². The molecule has 1 heterocycles. The van der Waals surface area contributed by atoms with E-state index in [-0.39, 0.29) is 6.03 Å². The van der Waals surface area contributed by atoms with Crippen LogP contribution in [0.1, 0.15) is 13.3 Å². The summed E-state index contributed by atoms with van der Waals surface area (Å²) in [6.07, 6.45) is 1.06. The number of ether oxygens (including phenoxy) is 2. The number of nitrogens with zero attached hydrogens (tertiary/aromatic N) is 2. The first-order chi connectivity index (χ1) is 11.2. The smallest absolute Gasteiger partial charge is 0.325 e. The third-order valence-corrected chi connectivity index (χ3v) is 4.88. The summed E-state index contributed by atoms with van der Waals surface area (Å²) < 4.78 is 11.2. The molecule has 0 aliphatic carbocycles. The summed E-state index contributed by atoms with van der Waals surface area (Å²) in [5, 5.41) is 13.8. The van der Waals surface area contributed by atoms with Gasteiger partial charge in [0.15, 0.2) is 15.8 Å². The number of amides is 2. The highest BCUT2D eigenvalue weighted by Crippen LogP contribution is 2.30. The van der Waals surface area contributed by atoms with Crippen LogP contribution in [-0.2, 0) is 0 Å². The van der Waals surface area contributed by atoms with Gasteiger partial charge in [-0.2, -0.15) is 0 Å². The van der Waals surface area contributed by atoms with Crippen molar-refractivity contribution in [3.05, 3.63) is 18.2 Å². The third kappa shape index (κ3) is 5.00. The summed E-state index contributed by atoms with van der Waals surface area (Å²) in [7, 11) is 3.10. The Morgan fingerprint density at radius 3 is 2.70 bits per heavy atom. The SMILES string of the molecule is CCCSc1nnc(NC(=O)Nc2ccc(OC)c(OC)c2)s1. The van der Waals surface area contributed by atoms with Crippen LogP contribution in [0.4, 0.5) is 15.6 Å². The predicted molar refractivity (Wildman–Crippen MR) is 93.1 cm³/mol. The van der Waals surface area contributed by atoms with Gasteiger partial charge in [0, 0.05) is 17.5 Å². The first-order valence-corrected chi connectivity index (χ1v) is 8.72. The Bertz CT molecular complexity index is 663. The number of methoxy groups -OCH3 is 2. The number of hydrogen-bond donors (Lipinski definition) is 2. The summed E-state index contributed by atoms with van der Waals surface area (Å²) in [6, 6.07) is 4.74. The lowest BCUT2D eigenvalue weighted by Crippen LogP contribution is -2.19. The summed E-state index contributed by atoms with van der Waals surface area (Å²) >= 11 is 2.97. The van der Waals surface area contributed by atoms with Crippen molar-refractivity contribution in [1.29, 1.82) is 0 Å². The second kappa shape index (κ2) is 8.59. The molecule has 1 aromatic heterocycles. The predicted octanol–water partition coefficient (Wildman–Crippen LogP) is 3.70. The lowest BCUT2D eigenvalue weighted by molar-refractivity contribution is 0.262. The Hall–Kier alpha value is -2.00. The third-order valence-electron chi connectivity index (χ3n) is 2.70. The van der Waals surface area contributed by atoms with E-state index in [1.165, 1.54) is 11.3 Å². The Labute approximate surface area is 142 Å².